The molecule has 2 aliphatic heterocycles. The Labute approximate surface area is 202 Å². The lowest BCUT2D eigenvalue weighted by atomic mass is 9.83. The highest BCUT2D eigenvalue weighted by molar-refractivity contribution is 5.82. The third-order valence-electron chi connectivity index (χ3n) is 6.84. The minimum Gasteiger partial charge on any atom is -0.368 e. The van der Waals surface area contributed by atoms with Crippen molar-refractivity contribution in [3.05, 3.63) is 94.0 Å². The van der Waals surface area contributed by atoms with E-state index in [0.29, 0.717) is 39.0 Å². The number of non-ortho nitro benzene ring substituents is 1. The van der Waals surface area contributed by atoms with Crippen LogP contribution in [-0.4, -0.2) is 48.0 Å². The van der Waals surface area contributed by atoms with E-state index >= 15 is 0 Å². The van der Waals surface area contributed by atoms with Gasteiger partial charge < -0.3 is 15.1 Å². The maximum absolute atomic E-state index is 13.5. The van der Waals surface area contributed by atoms with Gasteiger partial charge in [-0.3, -0.25) is 19.9 Å². The molecule has 2 aromatic carbocycles. The number of amides is 1. The second-order valence-corrected chi connectivity index (χ2v) is 8.93. The smallest absolute Gasteiger partial charge is 0.269 e. The summed E-state index contributed by atoms with van der Waals surface area (Å²) in [6.45, 7) is 2.42. The number of hydrogen-bond acceptors (Lipinski definition) is 6. The fourth-order valence-corrected chi connectivity index (χ4v) is 5.10. The van der Waals surface area contributed by atoms with E-state index in [1.807, 2.05) is 18.2 Å². The zero-order valence-corrected chi connectivity index (χ0v) is 19.1. The summed E-state index contributed by atoms with van der Waals surface area (Å²) in [5.74, 6) is -0.740. The average molecular weight is 476 g/mol. The summed E-state index contributed by atoms with van der Waals surface area (Å²) >= 11 is 0. The Kier molecular flexibility index (Phi) is 6.31. The summed E-state index contributed by atoms with van der Waals surface area (Å²) in [6, 6.07) is 16.9. The normalized spacial score (nSPS) is 19.0. The van der Waals surface area contributed by atoms with Gasteiger partial charge in [0.2, 0.25) is 5.91 Å². The highest BCUT2D eigenvalue weighted by Crippen LogP contribution is 2.38. The van der Waals surface area contributed by atoms with Gasteiger partial charge in [-0.1, -0.05) is 6.07 Å². The molecule has 2 unspecified atom stereocenters. The van der Waals surface area contributed by atoms with Crippen LogP contribution in [-0.2, 0) is 17.6 Å². The maximum Gasteiger partial charge on any atom is 0.269 e. The molecule has 5 rings (SSSR count). The zero-order chi connectivity index (χ0) is 24.4. The van der Waals surface area contributed by atoms with Crippen molar-refractivity contribution in [2.45, 2.75) is 18.9 Å². The second kappa shape index (κ2) is 9.69. The number of fused-ring (bicyclic) bond motifs is 3. The van der Waals surface area contributed by atoms with Gasteiger partial charge in [0.05, 0.1) is 16.9 Å². The number of hydrogen-bond donors (Lipinski definition) is 1. The van der Waals surface area contributed by atoms with Crippen LogP contribution in [0.3, 0.4) is 0 Å². The number of benzene rings is 2. The molecular formula is C26H26FN5O3. The molecule has 1 saturated heterocycles. The van der Waals surface area contributed by atoms with E-state index in [1.165, 1.54) is 18.2 Å². The van der Waals surface area contributed by atoms with E-state index in [4.69, 9.17) is 0 Å². The van der Waals surface area contributed by atoms with Crippen LogP contribution in [0.5, 0.6) is 0 Å². The molecule has 1 amide bonds. The fraction of sp³-hybridized carbons (Fsp3) is 0.308. The van der Waals surface area contributed by atoms with Crippen molar-refractivity contribution >= 4 is 23.0 Å². The Morgan fingerprint density at radius 1 is 1.14 bits per heavy atom. The molecule has 2 atom stereocenters. The Morgan fingerprint density at radius 2 is 1.97 bits per heavy atom. The van der Waals surface area contributed by atoms with Crippen molar-refractivity contribution in [3.8, 4) is 0 Å². The molecule has 0 saturated carbocycles. The highest BCUT2D eigenvalue weighted by Gasteiger charge is 2.42. The number of anilines is 2. The molecule has 1 fully saturated rings. The molecule has 1 N–H and O–H groups in total. The standard InChI is InChI=1S/C26H26FN5O3/c27-19-4-6-21(7-5-19)30-13-14-31-24-9-8-22(32(34)35)15-18(24)16-23(25(31)17-30)26(33)29-12-10-20-3-1-2-11-28-20/h1-9,11,15,23,25H,10,12-14,16-17H2,(H,29,33). The molecule has 180 valence electrons. The third kappa shape index (κ3) is 4.80. The average Bonchev–Trinajstić information content (AvgIpc) is 2.88. The second-order valence-electron chi connectivity index (χ2n) is 8.93. The molecule has 0 spiro atoms. The van der Waals surface area contributed by atoms with Gasteiger partial charge in [0.25, 0.3) is 5.69 Å². The molecule has 0 radical (unpaired) electrons. The molecule has 1 aromatic heterocycles. The van der Waals surface area contributed by atoms with E-state index in [1.54, 1.807) is 30.5 Å². The van der Waals surface area contributed by atoms with Gasteiger partial charge in [0, 0.05) is 68.0 Å². The van der Waals surface area contributed by atoms with E-state index in [-0.39, 0.29) is 29.4 Å². The van der Waals surface area contributed by atoms with Crippen molar-refractivity contribution in [2.75, 3.05) is 36.0 Å². The van der Waals surface area contributed by atoms with Crippen LogP contribution >= 0.6 is 0 Å². The van der Waals surface area contributed by atoms with Crippen LogP contribution < -0.4 is 15.1 Å². The van der Waals surface area contributed by atoms with Crippen molar-refractivity contribution in [2.24, 2.45) is 5.92 Å². The molecule has 0 aliphatic carbocycles. The Balaban J connectivity index is 1.39. The molecule has 0 bridgehead atoms. The van der Waals surface area contributed by atoms with Crippen LogP contribution in [0.4, 0.5) is 21.5 Å². The van der Waals surface area contributed by atoms with E-state index in [2.05, 4.69) is 20.1 Å². The molecule has 3 heterocycles. The fourth-order valence-electron chi connectivity index (χ4n) is 5.10. The summed E-state index contributed by atoms with van der Waals surface area (Å²) in [5.41, 5.74) is 3.60. The molecule has 8 nitrogen and oxygen atoms in total. The summed E-state index contributed by atoms with van der Waals surface area (Å²) in [4.78, 5) is 33.0. The minimum absolute atomic E-state index is 0.0291. The number of nitrogens with one attached hydrogen (secondary N) is 1. The molecule has 2 aliphatic rings. The SMILES string of the molecule is O=C(NCCc1ccccn1)C1Cc2cc([N+](=O)[O-])ccc2N2CCN(c3ccc(F)cc3)CC12. The van der Waals surface area contributed by atoms with Crippen molar-refractivity contribution in [3.63, 3.8) is 0 Å². The lowest BCUT2D eigenvalue weighted by Crippen LogP contribution is -2.61. The Morgan fingerprint density at radius 3 is 2.71 bits per heavy atom. The van der Waals surface area contributed by atoms with Crippen LogP contribution in [0.25, 0.3) is 0 Å². The van der Waals surface area contributed by atoms with Gasteiger partial charge >= 0.3 is 0 Å². The van der Waals surface area contributed by atoms with Gasteiger partial charge in [-0.15, -0.1) is 0 Å². The number of piperazine rings is 1. The Hall–Kier alpha value is -4.01. The quantitative estimate of drug-likeness (QED) is 0.434. The van der Waals surface area contributed by atoms with Crippen LogP contribution in [0.2, 0.25) is 0 Å². The van der Waals surface area contributed by atoms with E-state index in [9.17, 15) is 19.3 Å². The number of rotatable bonds is 6. The first-order valence-electron chi connectivity index (χ1n) is 11.7. The maximum atomic E-state index is 13.5. The number of nitrogens with zero attached hydrogens (tertiary/aromatic N) is 4. The van der Waals surface area contributed by atoms with Crippen LogP contribution in [0, 0.1) is 21.8 Å². The number of aromatic nitrogens is 1. The monoisotopic (exact) mass is 475 g/mol. The van der Waals surface area contributed by atoms with Gasteiger partial charge in [-0.2, -0.15) is 0 Å². The first kappa shape index (κ1) is 22.8. The number of carbonyl (C=O) groups is 1. The summed E-state index contributed by atoms with van der Waals surface area (Å²) in [5, 5.41) is 14.4. The van der Waals surface area contributed by atoms with Crippen molar-refractivity contribution in [1.29, 1.82) is 0 Å². The van der Waals surface area contributed by atoms with Gasteiger partial charge in [-0.05, 0) is 54.4 Å². The lowest BCUT2D eigenvalue weighted by molar-refractivity contribution is -0.384. The largest absolute Gasteiger partial charge is 0.368 e. The predicted molar refractivity (Wildman–Crippen MR) is 131 cm³/mol. The first-order valence-corrected chi connectivity index (χ1v) is 11.7. The number of pyridine rings is 1. The number of halogens is 1. The molecule has 35 heavy (non-hydrogen) atoms. The highest BCUT2D eigenvalue weighted by atomic mass is 19.1. The van der Waals surface area contributed by atoms with E-state index < -0.39 is 4.92 Å². The summed E-state index contributed by atoms with van der Waals surface area (Å²) < 4.78 is 13.5. The predicted octanol–water partition coefficient (Wildman–Crippen LogP) is 3.36. The van der Waals surface area contributed by atoms with Crippen molar-refractivity contribution < 1.29 is 14.1 Å². The first-order chi connectivity index (χ1) is 17.0. The lowest BCUT2D eigenvalue weighted by Gasteiger charge is -2.49. The Bertz CT molecular complexity index is 1220. The molecule has 3 aromatic rings. The van der Waals surface area contributed by atoms with Gasteiger partial charge in [0.15, 0.2) is 0 Å². The minimum atomic E-state index is -0.402. The summed E-state index contributed by atoms with van der Waals surface area (Å²) in [7, 11) is 0. The number of nitro benzene ring substituents is 1. The van der Waals surface area contributed by atoms with Gasteiger partial charge in [-0.25, -0.2) is 4.39 Å². The number of nitro groups is 1. The summed E-state index contributed by atoms with van der Waals surface area (Å²) in [6.07, 6.45) is 2.77. The van der Waals surface area contributed by atoms with Crippen molar-refractivity contribution in [1.82, 2.24) is 10.3 Å². The third-order valence-corrected chi connectivity index (χ3v) is 6.84. The molecular weight excluding hydrogens is 449 g/mol. The zero-order valence-electron chi connectivity index (χ0n) is 19.1. The van der Waals surface area contributed by atoms with Gasteiger partial charge in [0.1, 0.15) is 5.82 Å². The van der Waals surface area contributed by atoms with Crippen LogP contribution in [0.1, 0.15) is 11.3 Å². The van der Waals surface area contributed by atoms with E-state index in [0.717, 1.165) is 22.6 Å². The topological polar surface area (TPSA) is 91.6 Å². The molecule has 9 heteroatoms. The van der Waals surface area contributed by atoms with Crippen LogP contribution in [0.15, 0.2) is 66.9 Å². The number of carbonyl (C=O) groups excluding carboxylic acids is 1.